The smallest absolute Gasteiger partial charge is 0.231 e. The van der Waals surface area contributed by atoms with Gasteiger partial charge in [-0.2, -0.15) is 4.98 Å². The number of rotatable bonds is 4. The topological polar surface area (TPSA) is 77.8 Å². The van der Waals surface area contributed by atoms with Crippen LogP contribution in [0.5, 0.6) is 0 Å². The van der Waals surface area contributed by atoms with Gasteiger partial charge in [-0.25, -0.2) is 9.37 Å². The molecule has 0 saturated heterocycles. The minimum absolute atomic E-state index is 0.343. The number of hydrogen-bond donors (Lipinski definition) is 1. The van der Waals surface area contributed by atoms with Crippen molar-refractivity contribution in [2.45, 2.75) is 13.0 Å². The first kappa shape index (κ1) is 13.4. The summed E-state index contributed by atoms with van der Waals surface area (Å²) in [5.74, 6) is 0.409. The monoisotopic (exact) mass is 284 g/mol. The maximum absolute atomic E-state index is 12.8. The predicted octanol–water partition coefficient (Wildman–Crippen LogP) is 2.32. The van der Waals surface area contributed by atoms with Crippen LogP contribution in [-0.4, -0.2) is 15.1 Å². The number of pyridine rings is 1. The zero-order valence-corrected chi connectivity index (χ0v) is 11.2. The van der Waals surface area contributed by atoms with Crippen LogP contribution in [0.25, 0.3) is 11.5 Å². The Labute approximate surface area is 120 Å². The van der Waals surface area contributed by atoms with Crippen molar-refractivity contribution in [3.63, 3.8) is 0 Å². The Balaban J connectivity index is 1.83. The fourth-order valence-electron chi connectivity index (χ4n) is 2.03. The Bertz CT molecular complexity index is 739. The van der Waals surface area contributed by atoms with E-state index in [1.54, 1.807) is 0 Å². The van der Waals surface area contributed by atoms with E-state index in [-0.39, 0.29) is 0 Å². The highest BCUT2D eigenvalue weighted by Crippen LogP contribution is 2.17. The van der Waals surface area contributed by atoms with Gasteiger partial charge in [0.2, 0.25) is 11.7 Å². The Kier molecular flexibility index (Phi) is 3.70. The standard InChI is InChI=1S/C15H13FN4O/c16-12-5-6-13(18-9-12)15-19-14(21-20-15)7-10-3-1-2-4-11(10)8-17/h1-6,9H,7-8,17H2. The van der Waals surface area contributed by atoms with Gasteiger partial charge in [0, 0.05) is 6.54 Å². The lowest BCUT2D eigenvalue weighted by Crippen LogP contribution is -2.02. The molecular formula is C15H13FN4O. The zero-order valence-electron chi connectivity index (χ0n) is 11.2. The van der Waals surface area contributed by atoms with E-state index in [9.17, 15) is 4.39 Å². The molecule has 2 N–H and O–H groups in total. The Morgan fingerprint density at radius 2 is 1.90 bits per heavy atom. The molecule has 3 aromatic rings. The first-order valence-electron chi connectivity index (χ1n) is 6.47. The van der Waals surface area contributed by atoms with E-state index in [4.69, 9.17) is 10.3 Å². The van der Waals surface area contributed by atoms with Gasteiger partial charge >= 0.3 is 0 Å². The van der Waals surface area contributed by atoms with Crippen LogP contribution >= 0.6 is 0 Å². The lowest BCUT2D eigenvalue weighted by Gasteiger charge is -2.03. The van der Waals surface area contributed by atoms with E-state index < -0.39 is 5.82 Å². The Morgan fingerprint density at radius 3 is 2.62 bits per heavy atom. The number of nitrogens with zero attached hydrogens (tertiary/aromatic N) is 3. The van der Waals surface area contributed by atoms with Gasteiger partial charge < -0.3 is 10.3 Å². The maximum atomic E-state index is 12.8. The summed E-state index contributed by atoms with van der Waals surface area (Å²) in [5, 5.41) is 3.87. The SMILES string of the molecule is NCc1ccccc1Cc1nc(-c2ccc(F)cn2)no1. The first-order valence-corrected chi connectivity index (χ1v) is 6.47. The summed E-state index contributed by atoms with van der Waals surface area (Å²) in [5.41, 5.74) is 8.26. The van der Waals surface area contributed by atoms with Gasteiger partial charge in [0.1, 0.15) is 11.5 Å². The summed E-state index contributed by atoms with van der Waals surface area (Å²) in [4.78, 5) is 8.20. The minimum Gasteiger partial charge on any atom is -0.339 e. The van der Waals surface area contributed by atoms with Gasteiger partial charge in [-0.15, -0.1) is 0 Å². The quantitative estimate of drug-likeness (QED) is 0.795. The molecular weight excluding hydrogens is 271 g/mol. The van der Waals surface area contributed by atoms with Gasteiger partial charge in [0.05, 0.1) is 12.6 Å². The van der Waals surface area contributed by atoms with Crippen molar-refractivity contribution < 1.29 is 8.91 Å². The third-order valence-electron chi connectivity index (χ3n) is 3.10. The van der Waals surface area contributed by atoms with Crippen LogP contribution in [-0.2, 0) is 13.0 Å². The maximum Gasteiger partial charge on any atom is 0.231 e. The summed E-state index contributed by atoms with van der Waals surface area (Å²) < 4.78 is 18.1. The number of benzene rings is 1. The molecule has 2 aromatic heterocycles. The van der Waals surface area contributed by atoms with Crippen molar-refractivity contribution in [3.05, 3.63) is 65.4 Å². The molecule has 0 unspecified atom stereocenters. The first-order chi connectivity index (χ1) is 10.3. The molecule has 0 aliphatic heterocycles. The molecule has 1 aromatic carbocycles. The van der Waals surface area contributed by atoms with Crippen molar-refractivity contribution >= 4 is 0 Å². The Morgan fingerprint density at radius 1 is 1.10 bits per heavy atom. The summed E-state index contributed by atoms with van der Waals surface area (Å²) >= 11 is 0. The Hall–Kier alpha value is -2.60. The molecule has 0 amide bonds. The van der Waals surface area contributed by atoms with Crippen LogP contribution < -0.4 is 5.73 Å². The molecule has 0 saturated carbocycles. The average Bonchev–Trinajstić information content (AvgIpc) is 2.97. The fourth-order valence-corrected chi connectivity index (χ4v) is 2.03. The van der Waals surface area contributed by atoms with Crippen molar-refractivity contribution in [2.75, 3.05) is 0 Å². The molecule has 0 bridgehead atoms. The molecule has 3 rings (SSSR count). The van der Waals surface area contributed by atoms with Gasteiger partial charge in [0.25, 0.3) is 0 Å². The lowest BCUT2D eigenvalue weighted by molar-refractivity contribution is 0.385. The van der Waals surface area contributed by atoms with Crippen molar-refractivity contribution in [1.82, 2.24) is 15.1 Å². The molecule has 2 heterocycles. The number of halogens is 1. The van der Waals surface area contributed by atoms with E-state index in [1.807, 2.05) is 24.3 Å². The second kappa shape index (κ2) is 5.80. The molecule has 0 radical (unpaired) electrons. The highest BCUT2D eigenvalue weighted by Gasteiger charge is 2.11. The van der Waals surface area contributed by atoms with Crippen molar-refractivity contribution in [1.29, 1.82) is 0 Å². The molecule has 0 fully saturated rings. The number of aromatic nitrogens is 3. The zero-order chi connectivity index (χ0) is 14.7. The van der Waals surface area contributed by atoms with E-state index in [2.05, 4.69) is 15.1 Å². The summed E-state index contributed by atoms with van der Waals surface area (Å²) in [6.07, 6.45) is 1.62. The summed E-state index contributed by atoms with van der Waals surface area (Å²) in [6.45, 7) is 0.455. The normalized spacial score (nSPS) is 10.8. The third-order valence-corrected chi connectivity index (χ3v) is 3.10. The van der Waals surface area contributed by atoms with Crippen LogP contribution in [0.2, 0.25) is 0 Å². The lowest BCUT2D eigenvalue weighted by atomic mass is 10.0. The van der Waals surface area contributed by atoms with Gasteiger partial charge in [-0.3, -0.25) is 0 Å². The van der Waals surface area contributed by atoms with Crippen LogP contribution in [0.1, 0.15) is 17.0 Å². The molecule has 106 valence electrons. The van der Waals surface area contributed by atoms with Crippen molar-refractivity contribution in [2.24, 2.45) is 5.73 Å². The van der Waals surface area contributed by atoms with Crippen LogP contribution in [0.15, 0.2) is 47.1 Å². The van der Waals surface area contributed by atoms with Crippen molar-refractivity contribution in [3.8, 4) is 11.5 Å². The summed E-state index contributed by atoms with van der Waals surface area (Å²) in [7, 11) is 0. The van der Waals surface area contributed by atoms with Crippen LogP contribution in [0.3, 0.4) is 0 Å². The molecule has 0 aliphatic rings. The fraction of sp³-hybridized carbons (Fsp3) is 0.133. The van der Waals surface area contributed by atoms with E-state index in [1.165, 1.54) is 12.1 Å². The van der Waals surface area contributed by atoms with E-state index >= 15 is 0 Å². The predicted molar refractivity (Wildman–Crippen MR) is 74.6 cm³/mol. The molecule has 0 aliphatic carbocycles. The highest BCUT2D eigenvalue weighted by atomic mass is 19.1. The highest BCUT2D eigenvalue weighted by molar-refractivity contribution is 5.47. The summed E-state index contributed by atoms with van der Waals surface area (Å²) in [6, 6.07) is 10.6. The van der Waals surface area contributed by atoms with Gasteiger partial charge in [0.15, 0.2) is 0 Å². The molecule has 5 nitrogen and oxygen atoms in total. The largest absolute Gasteiger partial charge is 0.339 e. The van der Waals surface area contributed by atoms with Crippen LogP contribution in [0.4, 0.5) is 4.39 Å². The minimum atomic E-state index is -0.403. The van der Waals surface area contributed by atoms with E-state index in [0.29, 0.717) is 30.4 Å². The molecule has 21 heavy (non-hydrogen) atoms. The molecule has 6 heteroatoms. The number of hydrogen-bond acceptors (Lipinski definition) is 5. The molecule has 0 spiro atoms. The second-order valence-corrected chi connectivity index (χ2v) is 4.52. The number of nitrogens with two attached hydrogens (primary N) is 1. The molecule has 0 atom stereocenters. The average molecular weight is 284 g/mol. The van der Waals surface area contributed by atoms with Gasteiger partial charge in [-0.1, -0.05) is 29.4 Å². The van der Waals surface area contributed by atoms with Gasteiger partial charge in [-0.05, 0) is 23.3 Å². The van der Waals surface area contributed by atoms with Crippen LogP contribution in [0, 0.1) is 5.82 Å². The second-order valence-electron chi connectivity index (χ2n) is 4.52. The third kappa shape index (κ3) is 2.95. The van der Waals surface area contributed by atoms with E-state index in [0.717, 1.165) is 17.3 Å².